The summed E-state index contributed by atoms with van der Waals surface area (Å²) in [4.78, 5) is 9.82. The van der Waals surface area contributed by atoms with Crippen LogP contribution in [0.15, 0.2) is 0 Å². The van der Waals surface area contributed by atoms with E-state index in [0.717, 1.165) is 19.1 Å². The molecule has 0 aliphatic carbocycles. The summed E-state index contributed by atoms with van der Waals surface area (Å²) in [6.45, 7) is 1.99. The van der Waals surface area contributed by atoms with E-state index < -0.39 is 0 Å². The van der Waals surface area contributed by atoms with E-state index in [1.807, 2.05) is 6.92 Å². The summed E-state index contributed by atoms with van der Waals surface area (Å²) in [6, 6.07) is 0. The molecule has 1 heteroatoms. The molecule has 0 N–H and O–H groups in total. The van der Waals surface area contributed by atoms with Crippen molar-refractivity contribution in [2.24, 2.45) is 5.92 Å². The van der Waals surface area contributed by atoms with Crippen LogP contribution in [0.4, 0.5) is 0 Å². The second kappa shape index (κ2) is 5.37. The Morgan fingerprint density at radius 2 is 2.44 bits per heavy atom. The van der Waals surface area contributed by atoms with Gasteiger partial charge in [0.05, 0.1) is 0 Å². The lowest BCUT2D eigenvalue weighted by Gasteiger charge is -1.98. The highest BCUT2D eigenvalue weighted by Gasteiger charge is 1.94. The summed E-state index contributed by atoms with van der Waals surface area (Å²) in [5.41, 5.74) is 0. The highest BCUT2D eigenvalue weighted by molar-refractivity contribution is 5.48. The van der Waals surface area contributed by atoms with Crippen LogP contribution < -0.4 is 0 Å². The van der Waals surface area contributed by atoms with Crippen LogP contribution in [-0.4, -0.2) is 6.29 Å². The van der Waals surface area contributed by atoms with Crippen molar-refractivity contribution < 1.29 is 4.79 Å². The number of unbranched alkanes of at least 4 members (excludes halogenated alkanes) is 1. The Morgan fingerprint density at radius 1 is 1.78 bits per heavy atom. The zero-order chi connectivity index (χ0) is 7.11. The maximum Gasteiger partial charge on any atom is 0.119 e. The Balaban J connectivity index is 3.08. The van der Waals surface area contributed by atoms with E-state index in [0.29, 0.717) is 12.3 Å². The molecule has 0 rings (SSSR count). The quantitative estimate of drug-likeness (QED) is 0.316. The van der Waals surface area contributed by atoms with Crippen LogP contribution in [0.3, 0.4) is 0 Å². The molecular weight excluding hydrogens is 112 g/mol. The van der Waals surface area contributed by atoms with Gasteiger partial charge in [-0.1, -0.05) is 6.92 Å². The standard InChI is InChI=1S/C8H12O/c1-3-8(2)6-4-5-7-9/h1,7-8H,4-6H2,2H3. The van der Waals surface area contributed by atoms with Gasteiger partial charge in [0, 0.05) is 12.3 Å². The Kier molecular flexibility index (Phi) is 4.91. The van der Waals surface area contributed by atoms with Crippen molar-refractivity contribution in [1.29, 1.82) is 0 Å². The molecule has 0 saturated heterocycles. The number of hydrogen-bond donors (Lipinski definition) is 0. The van der Waals surface area contributed by atoms with E-state index in [1.165, 1.54) is 0 Å². The van der Waals surface area contributed by atoms with Gasteiger partial charge in [0.15, 0.2) is 0 Å². The molecule has 0 aliphatic rings. The van der Waals surface area contributed by atoms with Crippen molar-refractivity contribution in [3.05, 3.63) is 0 Å². The fraction of sp³-hybridized carbons (Fsp3) is 0.625. The number of carbonyl (C=O) groups is 1. The van der Waals surface area contributed by atoms with Gasteiger partial charge in [-0.15, -0.1) is 12.3 Å². The zero-order valence-corrected chi connectivity index (χ0v) is 5.76. The fourth-order valence-corrected chi connectivity index (χ4v) is 0.591. The summed E-state index contributed by atoms with van der Waals surface area (Å²) >= 11 is 0. The molecule has 0 amide bonds. The van der Waals surface area contributed by atoms with Crippen molar-refractivity contribution in [2.75, 3.05) is 0 Å². The minimum atomic E-state index is 0.324. The van der Waals surface area contributed by atoms with Gasteiger partial charge in [0.25, 0.3) is 0 Å². The van der Waals surface area contributed by atoms with Crippen molar-refractivity contribution in [1.82, 2.24) is 0 Å². The van der Waals surface area contributed by atoms with Gasteiger partial charge < -0.3 is 4.79 Å². The van der Waals surface area contributed by atoms with Gasteiger partial charge in [0.2, 0.25) is 0 Å². The first-order valence-electron chi connectivity index (χ1n) is 3.21. The first-order chi connectivity index (χ1) is 4.31. The number of carbonyl (C=O) groups excluding carboxylic acids is 1. The number of aldehydes is 1. The van der Waals surface area contributed by atoms with Crippen molar-refractivity contribution in [3.63, 3.8) is 0 Å². The number of hydrogen-bond acceptors (Lipinski definition) is 1. The highest BCUT2D eigenvalue weighted by Crippen LogP contribution is 2.03. The molecule has 0 aromatic carbocycles. The third-order valence-corrected chi connectivity index (χ3v) is 1.24. The van der Waals surface area contributed by atoms with E-state index in [2.05, 4.69) is 5.92 Å². The molecule has 0 spiro atoms. The van der Waals surface area contributed by atoms with Crippen molar-refractivity contribution in [3.8, 4) is 12.3 Å². The molecule has 9 heavy (non-hydrogen) atoms. The smallest absolute Gasteiger partial charge is 0.119 e. The largest absolute Gasteiger partial charge is 0.303 e. The van der Waals surface area contributed by atoms with Gasteiger partial charge >= 0.3 is 0 Å². The lowest BCUT2D eigenvalue weighted by molar-refractivity contribution is -0.107. The third kappa shape index (κ3) is 5.10. The highest BCUT2D eigenvalue weighted by atomic mass is 16.1. The van der Waals surface area contributed by atoms with E-state index in [-0.39, 0.29) is 0 Å². The Hall–Kier alpha value is -0.770. The molecule has 0 aliphatic heterocycles. The summed E-state index contributed by atoms with van der Waals surface area (Å²) in [5.74, 6) is 2.93. The van der Waals surface area contributed by atoms with E-state index >= 15 is 0 Å². The molecule has 0 bridgehead atoms. The summed E-state index contributed by atoms with van der Waals surface area (Å²) < 4.78 is 0. The average molecular weight is 124 g/mol. The zero-order valence-electron chi connectivity index (χ0n) is 5.76. The molecule has 1 atom stereocenters. The third-order valence-electron chi connectivity index (χ3n) is 1.24. The summed E-state index contributed by atoms with van der Waals surface area (Å²) in [5, 5.41) is 0. The first-order valence-corrected chi connectivity index (χ1v) is 3.21. The number of rotatable bonds is 4. The number of terminal acetylenes is 1. The molecule has 1 unspecified atom stereocenters. The maximum absolute atomic E-state index is 9.82. The van der Waals surface area contributed by atoms with Crippen LogP contribution in [0.25, 0.3) is 0 Å². The van der Waals surface area contributed by atoms with Crippen molar-refractivity contribution in [2.45, 2.75) is 26.2 Å². The molecular formula is C8H12O. The molecule has 0 saturated carbocycles. The second-order valence-electron chi connectivity index (χ2n) is 2.17. The summed E-state index contributed by atoms with van der Waals surface area (Å²) in [7, 11) is 0. The molecule has 0 aromatic heterocycles. The molecule has 0 aromatic rings. The van der Waals surface area contributed by atoms with E-state index in [9.17, 15) is 4.79 Å². The van der Waals surface area contributed by atoms with Gasteiger partial charge in [-0.3, -0.25) is 0 Å². The van der Waals surface area contributed by atoms with E-state index in [1.54, 1.807) is 0 Å². The second-order valence-corrected chi connectivity index (χ2v) is 2.17. The van der Waals surface area contributed by atoms with Crippen LogP contribution in [0.5, 0.6) is 0 Å². The van der Waals surface area contributed by atoms with Gasteiger partial charge in [-0.2, -0.15) is 0 Å². The van der Waals surface area contributed by atoms with Crippen LogP contribution >= 0.6 is 0 Å². The minimum absolute atomic E-state index is 0.324. The van der Waals surface area contributed by atoms with Crippen LogP contribution in [0.1, 0.15) is 26.2 Å². The van der Waals surface area contributed by atoms with Crippen molar-refractivity contribution >= 4 is 6.29 Å². The van der Waals surface area contributed by atoms with Gasteiger partial charge in [-0.05, 0) is 12.8 Å². The van der Waals surface area contributed by atoms with Crippen LogP contribution in [-0.2, 0) is 4.79 Å². The average Bonchev–Trinajstić information content (AvgIpc) is 1.89. The molecule has 0 fully saturated rings. The predicted molar refractivity (Wildman–Crippen MR) is 37.9 cm³/mol. The SMILES string of the molecule is C#CC(C)CCCC=O. The van der Waals surface area contributed by atoms with Gasteiger partial charge in [-0.25, -0.2) is 0 Å². The Labute approximate surface area is 56.5 Å². The summed E-state index contributed by atoms with van der Waals surface area (Å²) in [6.07, 6.45) is 8.59. The normalized spacial score (nSPS) is 12.0. The molecule has 0 radical (unpaired) electrons. The monoisotopic (exact) mass is 124 g/mol. The molecule has 1 nitrogen and oxygen atoms in total. The fourth-order valence-electron chi connectivity index (χ4n) is 0.591. The predicted octanol–water partition coefficient (Wildman–Crippen LogP) is 1.62. The lowest BCUT2D eigenvalue weighted by Crippen LogP contribution is -1.89. The van der Waals surface area contributed by atoms with Crippen LogP contribution in [0, 0.1) is 18.3 Å². The minimum Gasteiger partial charge on any atom is -0.303 e. The lowest BCUT2D eigenvalue weighted by atomic mass is 10.1. The van der Waals surface area contributed by atoms with Gasteiger partial charge in [0.1, 0.15) is 6.29 Å². The maximum atomic E-state index is 9.82. The first kappa shape index (κ1) is 8.23. The van der Waals surface area contributed by atoms with Crippen LogP contribution in [0.2, 0.25) is 0 Å². The molecule has 50 valence electrons. The molecule has 0 heterocycles. The Morgan fingerprint density at radius 3 is 2.89 bits per heavy atom. The topological polar surface area (TPSA) is 17.1 Å². The van der Waals surface area contributed by atoms with E-state index in [4.69, 9.17) is 6.42 Å². The Bertz CT molecular complexity index is 110.